The van der Waals surface area contributed by atoms with Gasteiger partial charge in [0.1, 0.15) is 6.04 Å². The van der Waals surface area contributed by atoms with E-state index in [4.69, 9.17) is 11.2 Å². The number of esters is 1. The van der Waals surface area contributed by atoms with Gasteiger partial charge in [0.15, 0.2) is 0 Å². The van der Waals surface area contributed by atoms with Crippen molar-refractivity contribution in [3.05, 3.63) is 65.7 Å². The van der Waals surface area contributed by atoms with Crippen LogP contribution in [0.25, 0.3) is 0 Å². The number of carbonyl (C=O) groups excluding carboxylic acids is 2. The number of nitrogens with one attached hydrogen (secondary N) is 2. The molecule has 0 heterocycles. The molecule has 0 bridgehead atoms. The van der Waals surface area contributed by atoms with Gasteiger partial charge >= 0.3 is 5.97 Å². The molecular weight excluding hydrogens is 380 g/mol. The number of sulfonamides is 1. The molecule has 0 aromatic heterocycles. The molecule has 146 valence electrons. The van der Waals surface area contributed by atoms with Crippen LogP contribution in [0.1, 0.15) is 15.9 Å². The first kappa shape index (κ1) is 21.2. The molecule has 0 saturated carbocycles. The molecule has 1 atom stereocenters. The Balaban J connectivity index is 2.20. The van der Waals surface area contributed by atoms with Crippen LogP contribution >= 0.6 is 0 Å². The molecule has 1 unspecified atom stereocenters. The van der Waals surface area contributed by atoms with E-state index in [1.165, 1.54) is 31.4 Å². The Labute approximate surface area is 164 Å². The molecule has 2 N–H and O–H groups in total. The highest BCUT2D eigenvalue weighted by Gasteiger charge is 2.23. The lowest BCUT2D eigenvalue weighted by Crippen LogP contribution is -2.43. The summed E-state index contributed by atoms with van der Waals surface area (Å²) in [5.74, 6) is 0.981. The zero-order chi connectivity index (χ0) is 20.6. The standard InChI is InChI=1S/C20H20N2O5S/c1-3-12-21-28(25,26)17-11-7-10-16(14-17)19(23)22-18(20(24)27-2)13-15-8-5-4-6-9-15/h1,4-11,14,18,21H,12-13H2,2H3,(H,22,23). The summed E-state index contributed by atoms with van der Waals surface area (Å²) in [4.78, 5) is 24.6. The lowest BCUT2D eigenvalue weighted by molar-refractivity contribution is -0.142. The number of hydrogen-bond acceptors (Lipinski definition) is 5. The Hall–Kier alpha value is -3.15. The fourth-order valence-electron chi connectivity index (χ4n) is 2.45. The van der Waals surface area contributed by atoms with Gasteiger partial charge in [0.2, 0.25) is 10.0 Å². The smallest absolute Gasteiger partial charge is 0.328 e. The van der Waals surface area contributed by atoms with E-state index >= 15 is 0 Å². The van der Waals surface area contributed by atoms with Crippen molar-refractivity contribution in [3.8, 4) is 12.3 Å². The van der Waals surface area contributed by atoms with E-state index in [-0.39, 0.29) is 23.4 Å². The summed E-state index contributed by atoms with van der Waals surface area (Å²) >= 11 is 0. The third-order valence-corrected chi connectivity index (χ3v) is 5.24. The van der Waals surface area contributed by atoms with E-state index in [1.807, 2.05) is 30.3 Å². The molecule has 0 spiro atoms. The van der Waals surface area contributed by atoms with E-state index in [0.717, 1.165) is 5.56 Å². The van der Waals surface area contributed by atoms with Crippen molar-refractivity contribution in [2.45, 2.75) is 17.4 Å². The lowest BCUT2D eigenvalue weighted by atomic mass is 10.1. The Bertz CT molecular complexity index is 981. The van der Waals surface area contributed by atoms with Crippen LogP contribution in [-0.2, 0) is 26.0 Å². The van der Waals surface area contributed by atoms with Crippen LogP contribution < -0.4 is 10.0 Å². The van der Waals surface area contributed by atoms with Gasteiger partial charge in [-0.15, -0.1) is 6.42 Å². The maximum atomic E-state index is 12.6. The SMILES string of the molecule is C#CCNS(=O)(=O)c1cccc(C(=O)NC(Cc2ccccc2)C(=O)OC)c1. The van der Waals surface area contributed by atoms with Gasteiger partial charge in [-0.25, -0.2) is 13.2 Å². The summed E-state index contributed by atoms with van der Waals surface area (Å²) in [6.07, 6.45) is 5.30. The number of ether oxygens (including phenoxy) is 1. The van der Waals surface area contributed by atoms with Crippen molar-refractivity contribution < 1.29 is 22.7 Å². The van der Waals surface area contributed by atoms with Gasteiger partial charge in [-0.05, 0) is 23.8 Å². The number of benzene rings is 2. The van der Waals surface area contributed by atoms with Gasteiger partial charge < -0.3 is 10.1 Å². The minimum atomic E-state index is -3.84. The number of methoxy groups -OCH3 is 1. The largest absolute Gasteiger partial charge is 0.467 e. The van der Waals surface area contributed by atoms with Crippen molar-refractivity contribution in [3.63, 3.8) is 0 Å². The molecular formula is C20H20N2O5S. The first-order valence-corrected chi connectivity index (χ1v) is 9.81. The van der Waals surface area contributed by atoms with Gasteiger partial charge in [0.25, 0.3) is 5.91 Å². The first-order chi connectivity index (χ1) is 13.4. The lowest BCUT2D eigenvalue weighted by Gasteiger charge is -2.17. The molecule has 7 nitrogen and oxygen atoms in total. The topological polar surface area (TPSA) is 102 Å². The van der Waals surface area contributed by atoms with Crippen molar-refractivity contribution in [2.24, 2.45) is 0 Å². The highest BCUT2D eigenvalue weighted by atomic mass is 32.2. The first-order valence-electron chi connectivity index (χ1n) is 8.33. The van der Waals surface area contributed by atoms with Gasteiger partial charge in [-0.3, -0.25) is 4.79 Å². The zero-order valence-corrected chi connectivity index (χ0v) is 16.0. The average Bonchev–Trinajstić information content (AvgIpc) is 2.72. The molecule has 1 amide bonds. The summed E-state index contributed by atoms with van der Waals surface area (Å²) < 4.78 is 31.3. The third kappa shape index (κ3) is 5.67. The number of hydrogen-bond donors (Lipinski definition) is 2. The van der Waals surface area contributed by atoms with E-state index in [9.17, 15) is 18.0 Å². The van der Waals surface area contributed by atoms with Crippen molar-refractivity contribution in [1.29, 1.82) is 0 Å². The molecule has 0 aliphatic heterocycles. The summed E-state index contributed by atoms with van der Waals surface area (Å²) in [6, 6.07) is 13.7. The predicted octanol–water partition coefficient (Wildman–Crippen LogP) is 1.11. The molecule has 0 radical (unpaired) electrons. The molecule has 0 aliphatic carbocycles. The molecule has 28 heavy (non-hydrogen) atoms. The Kier molecular flexibility index (Phi) is 7.32. The van der Waals surface area contributed by atoms with Gasteiger partial charge in [0, 0.05) is 12.0 Å². The highest BCUT2D eigenvalue weighted by molar-refractivity contribution is 7.89. The van der Waals surface area contributed by atoms with Crippen LogP contribution in [0, 0.1) is 12.3 Å². The van der Waals surface area contributed by atoms with Crippen molar-refractivity contribution >= 4 is 21.9 Å². The zero-order valence-electron chi connectivity index (χ0n) is 15.2. The molecule has 2 aromatic rings. The van der Waals surface area contributed by atoms with Crippen LogP contribution in [-0.4, -0.2) is 40.0 Å². The molecule has 2 aromatic carbocycles. The Morgan fingerprint density at radius 1 is 1.14 bits per heavy atom. The normalized spacial score (nSPS) is 11.9. The second-order valence-corrected chi connectivity index (χ2v) is 7.56. The number of terminal acetylenes is 1. The van der Waals surface area contributed by atoms with Crippen LogP contribution in [0.2, 0.25) is 0 Å². The van der Waals surface area contributed by atoms with Crippen molar-refractivity contribution in [1.82, 2.24) is 10.0 Å². The number of carbonyl (C=O) groups is 2. The van der Waals surface area contributed by atoms with Crippen LogP contribution in [0.3, 0.4) is 0 Å². The molecule has 8 heteroatoms. The van der Waals surface area contributed by atoms with E-state index in [2.05, 4.69) is 16.0 Å². The van der Waals surface area contributed by atoms with Crippen LogP contribution in [0.15, 0.2) is 59.5 Å². The molecule has 0 saturated heterocycles. The molecule has 0 fully saturated rings. The minimum Gasteiger partial charge on any atom is -0.467 e. The fourth-order valence-corrected chi connectivity index (χ4v) is 3.43. The summed E-state index contributed by atoms with van der Waals surface area (Å²) in [7, 11) is -2.61. The monoisotopic (exact) mass is 400 g/mol. The second kappa shape index (κ2) is 9.69. The third-order valence-electron chi connectivity index (χ3n) is 3.84. The highest BCUT2D eigenvalue weighted by Crippen LogP contribution is 2.12. The van der Waals surface area contributed by atoms with Crippen LogP contribution in [0.4, 0.5) is 0 Å². The van der Waals surface area contributed by atoms with Gasteiger partial charge in [0.05, 0.1) is 18.6 Å². The van der Waals surface area contributed by atoms with E-state index in [1.54, 1.807) is 0 Å². The second-order valence-electron chi connectivity index (χ2n) is 5.80. The quantitative estimate of drug-likeness (QED) is 0.511. The number of rotatable bonds is 8. The summed E-state index contributed by atoms with van der Waals surface area (Å²) in [5.41, 5.74) is 0.929. The average molecular weight is 400 g/mol. The summed E-state index contributed by atoms with van der Waals surface area (Å²) in [5, 5.41) is 2.59. The molecule has 2 rings (SSSR count). The van der Waals surface area contributed by atoms with E-state index < -0.39 is 27.9 Å². The Morgan fingerprint density at radius 2 is 1.86 bits per heavy atom. The summed E-state index contributed by atoms with van der Waals surface area (Å²) in [6.45, 7) is -0.166. The number of amides is 1. The minimum absolute atomic E-state index is 0.0885. The van der Waals surface area contributed by atoms with Gasteiger partial charge in [-0.1, -0.05) is 42.3 Å². The van der Waals surface area contributed by atoms with Gasteiger partial charge in [-0.2, -0.15) is 4.72 Å². The maximum absolute atomic E-state index is 12.6. The predicted molar refractivity (Wildman–Crippen MR) is 104 cm³/mol. The molecule has 0 aliphatic rings. The Morgan fingerprint density at radius 3 is 2.50 bits per heavy atom. The van der Waals surface area contributed by atoms with Crippen LogP contribution in [0.5, 0.6) is 0 Å². The van der Waals surface area contributed by atoms with Crippen molar-refractivity contribution in [2.75, 3.05) is 13.7 Å². The van der Waals surface area contributed by atoms with E-state index in [0.29, 0.717) is 0 Å². The maximum Gasteiger partial charge on any atom is 0.328 e. The fraction of sp³-hybridized carbons (Fsp3) is 0.200.